The lowest BCUT2D eigenvalue weighted by atomic mass is 9.84. The van der Waals surface area contributed by atoms with E-state index in [0.29, 0.717) is 12.5 Å². The topological polar surface area (TPSA) is 37.3 Å². The number of ether oxygens (including phenoxy) is 2. The summed E-state index contributed by atoms with van der Waals surface area (Å²) in [6.07, 6.45) is 5.98. The number of halogens is 2. The summed E-state index contributed by atoms with van der Waals surface area (Å²) in [7, 11) is 0. The highest BCUT2D eigenvalue weighted by atomic mass is 19.3. The fourth-order valence-electron chi connectivity index (χ4n) is 6.88. The lowest BCUT2D eigenvalue weighted by Gasteiger charge is -2.52. The molecule has 0 unspecified atom stereocenters. The molecular weight excluding hydrogens is 484 g/mol. The summed E-state index contributed by atoms with van der Waals surface area (Å²) in [5, 5.41) is 7.29. The van der Waals surface area contributed by atoms with Gasteiger partial charge in [-0.1, -0.05) is 54.6 Å². The number of hydrogen-bond acceptors (Lipinski definition) is 5. The van der Waals surface area contributed by atoms with Crippen LogP contribution in [0.25, 0.3) is 0 Å². The van der Waals surface area contributed by atoms with Crippen molar-refractivity contribution in [3.63, 3.8) is 0 Å². The Bertz CT molecular complexity index is 1370. The second-order valence-electron chi connectivity index (χ2n) is 10.7. The maximum atomic E-state index is 12.8. The van der Waals surface area contributed by atoms with Gasteiger partial charge in [0.25, 0.3) is 0 Å². The van der Waals surface area contributed by atoms with Crippen molar-refractivity contribution in [3.05, 3.63) is 95.1 Å². The van der Waals surface area contributed by atoms with Crippen LogP contribution in [0.4, 0.5) is 8.78 Å². The molecule has 3 aromatic carbocycles. The van der Waals surface area contributed by atoms with Crippen LogP contribution >= 0.6 is 0 Å². The van der Waals surface area contributed by atoms with E-state index < -0.39 is 12.3 Å². The second kappa shape index (κ2) is 9.38. The van der Waals surface area contributed by atoms with Crippen LogP contribution in [0.1, 0.15) is 66.4 Å². The SMILES string of the molecule is FC(F)Oc1cccc(C2=NN3[C@@H](C2)c2ccccc2OC32CCN([C@H]3CCCc4ccccc43)CC2)c1. The summed E-state index contributed by atoms with van der Waals surface area (Å²) in [6.45, 7) is -0.980. The average Bonchev–Trinajstić information content (AvgIpc) is 3.40. The third-order valence-electron chi connectivity index (χ3n) is 8.66. The van der Waals surface area contributed by atoms with E-state index >= 15 is 0 Å². The van der Waals surface area contributed by atoms with Crippen molar-refractivity contribution in [2.24, 2.45) is 5.10 Å². The van der Waals surface area contributed by atoms with Gasteiger partial charge < -0.3 is 9.47 Å². The summed E-state index contributed by atoms with van der Waals surface area (Å²) in [6, 6.07) is 24.5. The Morgan fingerprint density at radius 2 is 1.71 bits per heavy atom. The van der Waals surface area contributed by atoms with E-state index in [9.17, 15) is 8.78 Å². The van der Waals surface area contributed by atoms with Gasteiger partial charge in [0.05, 0.1) is 11.8 Å². The number of benzene rings is 3. The number of hydrogen-bond donors (Lipinski definition) is 0. The molecule has 0 aromatic heterocycles. The minimum absolute atomic E-state index is 0.0524. The molecule has 1 spiro atoms. The molecule has 0 bridgehead atoms. The smallest absolute Gasteiger partial charge is 0.387 e. The molecule has 1 aliphatic carbocycles. The van der Waals surface area contributed by atoms with Crippen molar-refractivity contribution >= 4 is 5.71 Å². The highest BCUT2D eigenvalue weighted by molar-refractivity contribution is 6.02. The molecule has 3 heterocycles. The summed E-state index contributed by atoms with van der Waals surface area (Å²) < 4.78 is 37.2. The molecule has 3 aliphatic heterocycles. The molecule has 3 aromatic rings. The normalized spacial score (nSPS) is 23.9. The summed E-state index contributed by atoms with van der Waals surface area (Å²) >= 11 is 0. The van der Waals surface area contributed by atoms with Gasteiger partial charge in [0.15, 0.2) is 0 Å². The van der Waals surface area contributed by atoms with Gasteiger partial charge in [-0.2, -0.15) is 13.9 Å². The number of alkyl halides is 2. The molecule has 0 amide bonds. The van der Waals surface area contributed by atoms with Crippen LogP contribution in [-0.2, 0) is 6.42 Å². The van der Waals surface area contributed by atoms with Crippen LogP contribution in [0, 0.1) is 0 Å². The zero-order chi connectivity index (χ0) is 25.7. The molecular formula is C31H31F2N3O2. The van der Waals surface area contributed by atoms with Gasteiger partial charge in [0.2, 0.25) is 5.72 Å². The van der Waals surface area contributed by atoms with Gasteiger partial charge in [-0.05, 0) is 48.6 Å². The minimum atomic E-state index is -2.85. The van der Waals surface area contributed by atoms with E-state index in [1.54, 1.807) is 18.2 Å². The monoisotopic (exact) mass is 515 g/mol. The van der Waals surface area contributed by atoms with Crippen molar-refractivity contribution in [2.45, 2.75) is 62.9 Å². The van der Waals surface area contributed by atoms with Gasteiger partial charge in [-0.25, -0.2) is 5.01 Å². The van der Waals surface area contributed by atoms with Crippen LogP contribution in [-0.4, -0.2) is 41.0 Å². The molecule has 1 saturated heterocycles. The van der Waals surface area contributed by atoms with E-state index in [1.165, 1.54) is 30.4 Å². The summed E-state index contributed by atoms with van der Waals surface area (Å²) in [5.41, 5.74) is 5.25. The molecule has 7 heteroatoms. The number of rotatable bonds is 4. The number of para-hydroxylation sites is 1. The van der Waals surface area contributed by atoms with Crippen LogP contribution < -0.4 is 9.47 Å². The Kier molecular flexibility index (Phi) is 5.84. The first-order valence-corrected chi connectivity index (χ1v) is 13.6. The van der Waals surface area contributed by atoms with Gasteiger partial charge in [0, 0.05) is 49.5 Å². The molecule has 5 nitrogen and oxygen atoms in total. The molecule has 0 saturated carbocycles. The Morgan fingerprint density at radius 3 is 2.55 bits per heavy atom. The highest BCUT2D eigenvalue weighted by Gasteiger charge is 2.52. The van der Waals surface area contributed by atoms with Crippen molar-refractivity contribution in [3.8, 4) is 11.5 Å². The maximum Gasteiger partial charge on any atom is 0.387 e. The fraction of sp³-hybridized carbons (Fsp3) is 0.387. The molecule has 7 rings (SSSR count). The predicted molar refractivity (Wildman–Crippen MR) is 142 cm³/mol. The number of likely N-dealkylation sites (tertiary alicyclic amines) is 1. The average molecular weight is 516 g/mol. The van der Waals surface area contributed by atoms with Crippen LogP contribution in [0.3, 0.4) is 0 Å². The molecule has 1 fully saturated rings. The van der Waals surface area contributed by atoms with E-state index in [-0.39, 0.29) is 11.8 Å². The lowest BCUT2D eigenvalue weighted by molar-refractivity contribution is -0.153. The number of piperidine rings is 1. The second-order valence-corrected chi connectivity index (χ2v) is 10.7. The number of hydrazone groups is 1. The Labute approximate surface area is 221 Å². The number of fused-ring (bicyclic) bond motifs is 5. The molecule has 0 radical (unpaired) electrons. The summed E-state index contributed by atoms with van der Waals surface area (Å²) in [4.78, 5) is 2.63. The zero-order valence-electron chi connectivity index (χ0n) is 21.2. The van der Waals surface area contributed by atoms with Gasteiger partial charge >= 0.3 is 6.61 Å². The van der Waals surface area contributed by atoms with E-state index in [0.717, 1.165) is 48.5 Å². The van der Waals surface area contributed by atoms with Gasteiger partial charge in [0.1, 0.15) is 11.5 Å². The summed E-state index contributed by atoms with van der Waals surface area (Å²) in [5.74, 6) is 1.08. The lowest BCUT2D eigenvalue weighted by Crippen LogP contribution is -2.59. The minimum Gasteiger partial charge on any atom is -0.466 e. The Hall–Kier alpha value is -3.45. The predicted octanol–water partition coefficient (Wildman–Crippen LogP) is 6.70. The fourth-order valence-corrected chi connectivity index (χ4v) is 6.88. The molecule has 2 atom stereocenters. The van der Waals surface area contributed by atoms with Crippen molar-refractivity contribution < 1.29 is 18.3 Å². The van der Waals surface area contributed by atoms with E-state index in [4.69, 9.17) is 9.84 Å². The van der Waals surface area contributed by atoms with Crippen molar-refractivity contribution in [1.82, 2.24) is 9.91 Å². The van der Waals surface area contributed by atoms with Crippen molar-refractivity contribution in [2.75, 3.05) is 13.1 Å². The zero-order valence-corrected chi connectivity index (χ0v) is 21.2. The first kappa shape index (κ1) is 23.7. The van der Waals surface area contributed by atoms with E-state index in [2.05, 4.69) is 51.0 Å². The van der Waals surface area contributed by atoms with Gasteiger partial charge in [-0.3, -0.25) is 4.90 Å². The van der Waals surface area contributed by atoms with Crippen molar-refractivity contribution in [1.29, 1.82) is 0 Å². The third kappa shape index (κ3) is 4.04. The van der Waals surface area contributed by atoms with Crippen LogP contribution in [0.2, 0.25) is 0 Å². The Balaban J connectivity index is 1.18. The van der Waals surface area contributed by atoms with Gasteiger partial charge in [-0.15, -0.1) is 0 Å². The quantitative estimate of drug-likeness (QED) is 0.388. The molecule has 38 heavy (non-hydrogen) atoms. The standard InChI is InChI=1S/C31H31F2N3O2/c32-30(33)37-23-10-5-9-22(19-23)26-20-28-25-12-3-4-14-29(25)38-31(36(28)34-26)15-17-35(18-16-31)27-13-6-8-21-7-1-2-11-24(21)27/h1-5,7,9-12,14,19,27-28,30H,6,8,13,15-18,20H2/t27-,28-/m0/s1. The largest absolute Gasteiger partial charge is 0.466 e. The third-order valence-corrected chi connectivity index (χ3v) is 8.66. The first-order valence-electron chi connectivity index (χ1n) is 13.6. The van der Waals surface area contributed by atoms with E-state index in [1.807, 2.05) is 18.2 Å². The van der Waals surface area contributed by atoms with Crippen LogP contribution in [0.5, 0.6) is 11.5 Å². The first-order chi connectivity index (χ1) is 18.6. The Morgan fingerprint density at radius 1 is 0.921 bits per heavy atom. The number of nitrogens with zero attached hydrogens (tertiary/aromatic N) is 3. The highest BCUT2D eigenvalue weighted by Crippen LogP contribution is 2.51. The maximum absolute atomic E-state index is 12.8. The van der Waals surface area contributed by atoms with Crippen LogP contribution in [0.15, 0.2) is 77.9 Å². The molecule has 4 aliphatic rings. The number of aryl methyl sites for hydroxylation is 1. The molecule has 196 valence electrons. The molecule has 0 N–H and O–H groups in total.